The molecule has 0 fully saturated rings. The Hall–Kier alpha value is -1.54. The van der Waals surface area contributed by atoms with Crippen LogP contribution in [0.1, 0.15) is 12.0 Å². The van der Waals surface area contributed by atoms with Crippen molar-refractivity contribution in [2.24, 2.45) is 5.73 Å². The fourth-order valence-corrected chi connectivity index (χ4v) is 2.83. The van der Waals surface area contributed by atoms with Gasteiger partial charge in [0.25, 0.3) is 0 Å². The summed E-state index contributed by atoms with van der Waals surface area (Å²) in [5.74, 6) is 0.332. The van der Waals surface area contributed by atoms with Crippen LogP contribution in [-0.2, 0) is 11.2 Å². The van der Waals surface area contributed by atoms with Crippen molar-refractivity contribution in [1.29, 1.82) is 0 Å². The Bertz CT molecular complexity index is 527. The number of rotatable bonds is 7. The van der Waals surface area contributed by atoms with Crippen LogP contribution in [-0.4, -0.2) is 34.9 Å². The van der Waals surface area contributed by atoms with Gasteiger partial charge in [-0.1, -0.05) is 12.1 Å². The van der Waals surface area contributed by atoms with Gasteiger partial charge < -0.3 is 20.3 Å². The number of aryl methyl sites for hydroxylation is 1. The number of carboxylic acid groups (broad SMARTS) is 1. The van der Waals surface area contributed by atoms with Gasteiger partial charge in [0, 0.05) is 0 Å². The largest absolute Gasteiger partial charge is 0.586 e. The molecule has 1 unspecified atom stereocenters. The second-order valence-electron chi connectivity index (χ2n) is 4.51. The van der Waals surface area contributed by atoms with E-state index in [-0.39, 0.29) is 11.5 Å². The first kappa shape index (κ1) is 15.8. The van der Waals surface area contributed by atoms with Crippen molar-refractivity contribution in [2.75, 3.05) is 11.5 Å². The zero-order valence-electron chi connectivity index (χ0n) is 11.1. The summed E-state index contributed by atoms with van der Waals surface area (Å²) in [4.78, 5) is 10.5. The molecule has 0 saturated carbocycles. The molecule has 0 saturated heterocycles. The molecule has 1 aromatic rings. The van der Waals surface area contributed by atoms with Crippen LogP contribution in [0.25, 0.3) is 0 Å². The van der Waals surface area contributed by atoms with Crippen LogP contribution in [0.4, 0.5) is 8.78 Å². The molecule has 1 aliphatic rings. The maximum atomic E-state index is 13.0. The number of thioether (sulfide) groups is 1. The number of fused-ring (bicyclic) bond motifs is 1. The molecule has 0 bridgehead atoms. The van der Waals surface area contributed by atoms with E-state index in [0.717, 1.165) is 0 Å². The molecule has 116 valence electrons. The molecule has 0 aromatic heterocycles. The predicted molar refractivity (Wildman–Crippen MR) is 73.9 cm³/mol. The van der Waals surface area contributed by atoms with Crippen molar-refractivity contribution < 1.29 is 28.2 Å². The fourth-order valence-electron chi connectivity index (χ4n) is 1.84. The minimum atomic E-state index is -3.61. The summed E-state index contributed by atoms with van der Waals surface area (Å²) in [6.07, 6.45) is -2.72. The summed E-state index contributed by atoms with van der Waals surface area (Å²) in [6, 6.07) is 3.89. The lowest BCUT2D eigenvalue weighted by Crippen LogP contribution is -2.30. The number of nitrogens with two attached hydrogens (primary N) is 1. The molecule has 21 heavy (non-hydrogen) atoms. The molecule has 3 N–H and O–H groups in total. The minimum Gasteiger partial charge on any atom is -0.480 e. The van der Waals surface area contributed by atoms with E-state index in [1.165, 1.54) is 17.8 Å². The van der Waals surface area contributed by atoms with Crippen molar-refractivity contribution >= 4 is 17.7 Å². The molecule has 0 amide bonds. The number of ether oxygens (including phenoxy) is 2. The summed E-state index contributed by atoms with van der Waals surface area (Å²) < 4.78 is 34.9. The molecule has 0 radical (unpaired) electrons. The first-order chi connectivity index (χ1) is 9.89. The normalized spacial score (nSPS) is 16.7. The topological polar surface area (TPSA) is 81.8 Å². The number of benzene rings is 1. The molecule has 1 aromatic carbocycles. The highest BCUT2D eigenvalue weighted by atomic mass is 32.2. The maximum absolute atomic E-state index is 13.0. The van der Waals surface area contributed by atoms with Gasteiger partial charge in [-0.25, -0.2) is 0 Å². The van der Waals surface area contributed by atoms with Crippen molar-refractivity contribution in [1.82, 2.24) is 0 Å². The quantitative estimate of drug-likeness (QED) is 0.749. The number of halogens is 2. The average Bonchev–Trinajstić information content (AvgIpc) is 2.72. The first-order valence-corrected chi connectivity index (χ1v) is 7.48. The number of alkyl halides is 2. The van der Waals surface area contributed by atoms with E-state index in [1.807, 2.05) is 0 Å². The highest BCUT2D eigenvalue weighted by molar-refractivity contribution is 7.99. The Labute approximate surface area is 124 Å². The zero-order valence-corrected chi connectivity index (χ0v) is 11.9. The van der Waals surface area contributed by atoms with E-state index in [9.17, 15) is 13.6 Å². The van der Waals surface area contributed by atoms with Crippen LogP contribution in [0.15, 0.2) is 18.2 Å². The number of hydrogen-bond acceptors (Lipinski definition) is 5. The molecular weight excluding hydrogens is 304 g/mol. The monoisotopic (exact) mass is 319 g/mol. The fraction of sp³-hybridized carbons (Fsp3) is 0.462. The number of carbonyl (C=O) groups is 1. The van der Waals surface area contributed by atoms with Crippen LogP contribution in [0.3, 0.4) is 0 Å². The average molecular weight is 319 g/mol. The summed E-state index contributed by atoms with van der Waals surface area (Å²) in [5, 5.41) is 8.64. The molecule has 1 aliphatic heterocycles. The summed E-state index contributed by atoms with van der Waals surface area (Å²) in [6.45, 7) is 0. The van der Waals surface area contributed by atoms with Gasteiger partial charge in [0.05, 0.1) is 0 Å². The van der Waals surface area contributed by atoms with Gasteiger partial charge in [0.15, 0.2) is 11.5 Å². The Kier molecular flexibility index (Phi) is 4.89. The Morgan fingerprint density at radius 3 is 2.86 bits per heavy atom. The smallest absolute Gasteiger partial charge is 0.480 e. The summed E-state index contributed by atoms with van der Waals surface area (Å²) in [7, 11) is 0. The number of carboxylic acids is 1. The van der Waals surface area contributed by atoms with E-state index in [0.29, 0.717) is 29.9 Å². The molecule has 0 spiro atoms. The molecular formula is C13H15F2NO4S. The molecule has 8 heteroatoms. The lowest BCUT2D eigenvalue weighted by atomic mass is 10.1. The Morgan fingerprint density at radius 2 is 2.14 bits per heavy atom. The molecule has 5 nitrogen and oxygen atoms in total. The second-order valence-corrected chi connectivity index (χ2v) is 5.73. The van der Waals surface area contributed by atoms with Gasteiger partial charge in [0.2, 0.25) is 0 Å². The number of aliphatic carboxylic acids is 1. The highest BCUT2D eigenvalue weighted by Crippen LogP contribution is 2.43. The van der Waals surface area contributed by atoms with E-state index < -0.39 is 18.3 Å². The molecule has 2 rings (SSSR count). The van der Waals surface area contributed by atoms with Gasteiger partial charge in [-0.15, -0.1) is 8.78 Å². The van der Waals surface area contributed by atoms with E-state index in [2.05, 4.69) is 9.47 Å². The zero-order chi connectivity index (χ0) is 15.5. The maximum Gasteiger partial charge on any atom is 0.586 e. The SMILES string of the molecule is NC(CCSCCc1cccc2c1OC(F)(F)O2)C(=O)O. The molecule has 1 heterocycles. The lowest BCUT2D eigenvalue weighted by molar-refractivity contribution is -0.286. The predicted octanol–water partition coefficient (Wildman–Crippen LogP) is 2.09. The van der Waals surface area contributed by atoms with Gasteiger partial charge in [-0.3, -0.25) is 4.79 Å². The minimum absolute atomic E-state index is 0.0374. The standard InChI is InChI=1S/C13H15F2NO4S/c14-13(15)19-10-3-1-2-8(11(10)20-13)4-6-21-7-5-9(16)12(17)18/h1-3,9H,4-7,16H2,(H,17,18). The number of hydrogen-bond donors (Lipinski definition) is 2. The van der Waals surface area contributed by atoms with Gasteiger partial charge in [-0.2, -0.15) is 11.8 Å². The number of para-hydroxylation sites is 1. The molecule has 1 atom stereocenters. The second kappa shape index (κ2) is 6.48. The van der Waals surface area contributed by atoms with Crippen molar-refractivity contribution in [3.05, 3.63) is 23.8 Å². The Balaban J connectivity index is 1.81. The van der Waals surface area contributed by atoms with E-state index in [1.54, 1.807) is 12.1 Å². The van der Waals surface area contributed by atoms with Crippen LogP contribution >= 0.6 is 11.8 Å². The third-order valence-electron chi connectivity index (χ3n) is 2.92. The van der Waals surface area contributed by atoms with Crippen LogP contribution in [0.2, 0.25) is 0 Å². The van der Waals surface area contributed by atoms with Crippen molar-refractivity contribution in [2.45, 2.75) is 25.2 Å². The van der Waals surface area contributed by atoms with Crippen molar-refractivity contribution in [3.63, 3.8) is 0 Å². The van der Waals surface area contributed by atoms with Crippen LogP contribution < -0.4 is 15.2 Å². The van der Waals surface area contributed by atoms with Gasteiger partial charge in [-0.05, 0) is 36.0 Å². The third kappa shape index (κ3) is 4.21. The van der Waals surface area contributed by atoms with Gasteiger partial charge in [0.1, 0.15) is 6.04 Å². The van der Waals surface area contributed by atoms with E-state index in [4.69, 9.17) is 10.8 Å². The van der Waals surface area contributed by atoms with Crippen LogP contribution in [0.5, 0.6) is 11.5 Å². The highest BCUT2D eigenvalue weighted by Gasteiger charge is 2.44. The molecule has 0 aliphatic carbocycles. The Morgan fingerprint density at radius 1 is 1.38 bits per heavy atom. The summed E-state index contributed by atoms with van der Waals surface area (Å²) >= 11 is 1.51. The van der Waals surface area contributed by atoms with Crippen LogP contribution in [0, 0.1) is 0 Å². The third-order valence-corrected chi connectivity index (χ3v) is 3.93. The van der Waals surface area contributed by atoms with Gasteiger partial charge >= 0.3 is 12.3 Å². The van der Waals surface area contributed by atoms with E-state index >= 15 is 0 Å². The lowest BCUT2D eigenvalue weighted by Gasteiger charge is -2.08. The first-order valence-electron chi connectivity index (χ1n) is 6.33. The summed E-state index contributed by atoms with van der Waals surface area (Å²) in [5.41, 5.74) is 6.02. The van der Waals surface area contributed by atoms with Crippen molar-refractivity contribution in [3.8, 4) is 11.5 Å².